The molecule has 1 atom stereocenters. The van der Waals surface area contributed by atoms with Crippen LogP contribution in [0, 0.1) is 29.2 Å². The lowest BCUT2D eigenvalue weighted by molar-refractivity contribution is 0.0919. The zero-order valence-corrected chi connectivity index (χ0v) is 12.5. The van der Waals surface area contributed by atoms with Crippen molar-refractivity contribution in [3.05, 3.63) is 70.8 Å². The van der Waals surface area contributed by atoms with Crippen LogP contribution in [0.2, 0.25) is 0 Å². The van der Waals surface area contributed by atoms with E-state index in [9.17, 15) is 22.4 Å². The summed E-state index contributed by atoms with van der Waals surface area (Å²) in [7, 11) is 0. The van der Waals surface area contributed by atoms with E-state index in [1.54, 1.807) is 30.3 Å². The van der Waals surface area contributed by atoms with Gasteiger partial charge in [0.05, 0.1) is 11.6 Å². The van der Waals surface area contributed by atoms with E-state index in [0.717, 1.165) is 5.56 Å². The summed E-state index contributed by atoms with van der Waals surface area (Å²) in [6.07, 6.45) is 0. The smallest absolute Gasteiger partial charge is 0.254 e. The minimum Gasteiger partial charge on any atom is -0.345 e. The van der Waals surface area contributed by atoms with Gasteiger partial charge in [-0.25, -0.2) is 17.6 Å². The van der Waals surface area contributed by atoms with Crippen molar-refractivity contribution in [1.82, 2.24) is 5.32 Å². The Labute approximate surface area is 131 Å². The first kappa shape index (κ1) is 17.0. The Hall–Kier alpha value is -2.37. The van der Waals surface area contributed by atoms with Gasteiger partial charge in [0.15, 0.2) is 23.3 Å². The fraction of sp³-hybridized carbons (Fsp3) is 0.235. The largest absolute Gasteiger partial charge is 0.345 e. The van der Waals surface area contributed by atoms with Gasteiger partial charge < -0.3 is 5.32 Å². The number of hydrogen-bond donors (Lipinski definition) is 1. The van der Waals surface area contributed by atoms with Gasteiger partial charge in [-0.1, -0.05) is 44.2 Å². The van der Waals surface area contributed by atoms with Crippen molar-refractivity contribution in [2.75, 3.05) is 0 Å². The lowest BCUT2D eigenvalue weighted by Gasteiger charge is -2.23. The van der Waals surface area contributed by atoms with E-state index in [0.29, 0.717) is 6.07 Å². The van der Waals surface area contributed by atoms with E-state index in [-0.39, 0.29) is 5.92 Å². The highest BCUT2D eigenvalue weighted by molar-refractivity contribution is 5.94. The first-order valence-corrected chi connectivity index (χ1v) is 7.01. The Kier molecular flexibility index (Phi) is 5.03. The molecule has 2 aromatic rings. The summed E-state index contributed by atoms with van der Waals surface area (Å²) in [5.74, 6) is -8.34. The van der Waals surface area contributed by atoms with Crippen molar-refractivity contribution < 1.29 is 22.4 Å². The number of halogens is 4. The van der Waals surface area contributed by atoms with Crippen LogP contribution in [-0.2, 0) is 0 Å². The highest BCUT2D eigenvalue weighted by Crippen LogP contribution is 2.24. The number of carbonyl (C=O) groups is 1. The second kappa shape index (κ2) is 6.81. The molecular weight excluding hydrogens is 310 g/mol. The second-order valence-electron chi connectivity index (χ2n) is 5.45. The van der Waals surface area contributed by atoms with Crippen LogP contribution in [-0.4, -0.2) is 5.91 Å². The third-order valence-corrected chi connectivity index (χ3v) is 3.46. The summed E-state index contributed by atoms with van der Waals surface area (Å²) < 4.78 is 53.2. The van der Waals surface area contributed by atoms with Crippen molar-refractivity contribution in [3.63, 3.8) is 0 Å². The molecule has 6 heteroatoms. The van der Waals surface area contributed by atoms with Crippen molar-refractivity contribution in [3.8, 4) is 0 Å². The first-order valence-electron chi connectivity index (χ1n) is 7.01. The molecule has 0 spiro atoms. The normalized spacial score (nSPS) is 12.3. The average Bonchev–Trinajstić information content (AvgIpc) is 2.54. The monoisotopic (exact) mass is 325 g/mol. The van der Waals surface area contributed by atoms with Crippen LogP contribution in [0.25, 0.3) is 0 Å². The Balaban J connectivity index is 2.34. The Bertz CT molecular complexity index is 716. The van der Waals surface area contributed by atoms with Crippen molar-refractivity contribution in [1.29, 1.82) is 0 Å². The van der Waals surface area contributed by atoms with E-state index in [2.05, 4.69) is 5.32 Å². The molecule has 2 rings (SSSR count). The fourth-order valence-corrected chi connectivity index (χ4v) is 2.25. The number of nitrogens with one attached hydrogen (secondary N) is 1. The Morgan fingerprint density at radius 1 is 0.957 bits per heavy atom. The number of carbonyl (C=O) groups excluding carboxylic acids is 1. The van der Waals surface area contributed by atoms with Crippen LogP contribution in [0.4, 0.5) is 17.6 Å². The molecule has 0 heterocycles. The molecular formula is C17H15F4NO. The van der Waals surface area contributed by atoms with Crippen LogP contribution in [0.1, 0.15) is 35.8 Å². The minimum atomic E-state index is -2.00. The molecule has 1 unspecified atom stereocenters. The highest BCUT2D eigenvalue weighted by atomic mass is 19.2. The van der Waals surface area contributed by atoms with Gasteiger partial charge in [0.1, 0.15) is 0 Å². The predicted octanol–water partition coefficient (Wildman–Crippen LogP) is 4.37. The molecule has 0 fully saturated rings. The van der Waals surface area contributed by atoms with Gasteiger partial charge in [0.25, 0.3) is 5.91 Å². The molecule has 0 radical (unpaired) electrons. The molecule has 2 aromatic carbocycles. The summed E-state index contributed by atoms with van der Waals surface area (Å²) in [6, 6.07) is 8.75. The molecule has 1 N–H and O–H groups in total. The number of hydrogen-bond acceptors (Lipinski definition) is 1. The molecule has 122 valence electrons. The van der Waals surface area contributed by atoms with Crippen molar-refractivity contribution in [2.45, 2.75) is 19.9 Å². The van der Waals surface area contributed by atoms with Gasteiger partial charge in [-0.2, -0.15) is 0 Å². The quantitative estimate of drug-likeness (QED) is 0.505. The maximum absolute atomic E-state index is 13.7. The number of rotatable bonds is 4. The van der Waals surface area contributed by atoms with Crippen molar-refractivity contribution in [2.24, 2.45) is 5.92 Å². The zero-order chi connectivity index (χ0) is 17.1. The SMILES string of the molecule is CC(C)C(NC(=O)c1cc(F)c(F)c(F)c1F)c1ccccc1. The summed E-state index contributed by atoms with van der Waals surface area (Å²) in [6.45, 7) is 3.67. The summed E-state index contributed by atoms with van der Waals surface area (Å²) in [4.78, 5) is 12.2. The Morgan fingerprint density at radius 3 is 2.13 bits per heavy atom. The Morgan fingerprint density at radius 2 is 1.57 bits per heavy atom. The van der Waals surface area contributed by atoms with Gasteiger partial charge in [-0.15, -0.1) is 0 Å². The molecule has 0 saturated carbocycles. The van der Waals surface area contributed by atoms with E-state index in [1.165, 1.54) is 0 Å². The van der Waals surface area contributed by atoms with E-state index in [1.807, 2.05) is 13.8 Å². The highest BCUT2D eigenvalue weighted by Gasteiger charge is 2.25. The summed E-state index contributed by atoms with van der Waals surface area (Å²) >= 11 is 0. The lowest BCUT2D eigenvalue weighted by atomic mass is 9.95. The molecule has 0 saturated heterocycles. The van der Waals surface area contributed by atoms with Crippen LogP contribution >= 0.6 is 0 Å². The van der Waals surface area contributed by atoms with Crippen LogP contribution in [0.3, 0.4) is 0 Å². The van der Waals surface area contributed by atoms with Gasteiger partial charge >= 0.3 is 0 Å². The first-order chi connectivity index (χ1) is 10.8. The van der Waals surface area contributed by atoms with E-state index in [4.69, 9.17) is 0 Å². The number of amides is 1. The van der Waals surface area contributed by atoms with Crippen LogP contribution in [0.5, 0.6) is 0 Å². The maximum atomic E-state index is 13.7. The molecule has 0 aliphatic rings. The zero-order valence-electron chi connectivity index (χ0n) is 12.5. The summed E-state index contributed by atoms with van der Waals surface area (Å²) in [5, 5.41) is 2.53. The fourth-order valence-electron chi connectivity index (χ4n) is 2.25. The van der Waals surface area contributed by atoms with Gasteiger partial charge in [0, 0.05) is 0 Å². The van der Waals surface area contributed by atoms with Gasteiger partial charge in [0.2, 0.25) is 0 Å². The molecule has 0 bridgehead atoms. The molecule has 0 aliphatic heterocycles. The topological polar surface area (TPSA) is 29.1 Å². The summed E-state index contributed by atoms with van der Waals surface area (Å²) in [5.41, 5.74) is -0.109. The maximum Gasteiger partial charge on any atom is 0.254 e. The molecule has 2 nitrogen and oxygen atoms in total. The molecule has 0 aliphatic carbocycles. The average molecular weight is 325 g/mol. The predicted molar refractivity (Wildman–Crippen MR) is 77.8 cm³/mol. The standard InChI is InChI=1S/C17H15F4NO/c1-9(2)16(10-6-4-3-5-7-10)22-17(23)11-8-12(18)14(20)15(21)13(11)19/h3-9,16H,1-2H3,(H,22,23). The third-order valence-electron chi connectivity index (χ3n) is 3.46. The van der Waals surface area contributed by atoms with E-state index < -0.39 is 40.8 Å². The van der Waals surface area contributed by atoms with Gasteiger partial charge in [-0.05, 0) is 17.5 Å². The van der Waals surface area contributed by atoms with Gasteiger partial charge in [-0.3, -0.25) is 4.79 Å². The molecule has 23 heavy (non-hydrogen) atoms. The lowest BCUT2D eigenvalue weighted by Crippen LogP contribution is -2.32. The van der Waals surface area contributed by atoms with Crippen LogP contribution in [0.15, 0.2) is 36.4 Å². The van der Waals surface area contributed by atoms with E-state index >= 15 is 0 Å². The van der Waals surface area contributed by atoms with Crippen LogP contribution < -0.4 is 5.32 Å². The number of benzene rings is 2. The second-order valence-corrected chi connectivity index (χ2v) is 5.45. The molecule has 1 amide bonds. The third kappa shape index (κ3) is 3.52. The molecule has 0 aromatic heterocycles. The minimum absolute atomic E-state index is 0.0560. The van der Waals surface area contributed by atoms with Crippen molar-refractivity contribution >= 4 is 5.91 Å².